The van der Waals surface area contributed by atoms with E-state index in [4.69, 9.17) is 11.3 Å². The number of H-pyrrole nitrogens is 1. The number of hydrogen-bond acceptors (Lipinski definition) is 5. The van der Waals surface area contributed by atoms with E-state index in [1.54, 1.807) is 6.07 Å². The average molecular weight is 388 g/mol. The van der Waals surface area contributed by atoms with Crippen molar-refractivity contribution >= 4 is 23.4 Å². The highest BCUT2D eigenvalue weighted by molar-refractivity contribution is 5.75. The molecule has 0 saturated heterocycles. The van der Waals surface area contributed by atoms with Crippen LogP contribution in [0.5, 0.6) is 11.6 Å². The first-order valence-electron chi connectivity index (χ1n) is 9.33. The van der Waals surface area contributed by atoms with Crippen molar-refractivity contribution in [2.75, 3.05) is 5.32 Å². The third kappa shape index (κ3) is 3.21. The Balaban J connectivity index is 1.44. The van der Waals surface area contributed by atoms with Crippen LogP contribution in [-0.4, -0.2) is 20.2 Å². The van der Waals surface area contributed by atoms with Crippen LogP contribution in [0.1, 0.15) is 42.5 Å². The molecule has 7 nitrogen and oxygen atoms in total. The Labute approximate surface area is 166 Å². The van der Waals surface area contributed by atoms with Crippen LogP contribution in [0.4, 0.5) is 21.7 Å². The molecule has 2 heterocycles. The van der Waals surface area contributed by atoms with E-state index >= 15 is 0 Å². The number of ether oxygens (including phenoxy) is 1. The molecule has 2 aliphatic carbocycles. The highest BCUT2D eigenvalue weighted by Gasteiger charge is 2.26. The number of aromatic nitrogens is 4. The smallest absolute Gasteiger partial charge is 0.288 e. The van der Waals surface area contributed by atoms with Gasteiger partial charge in [0.25, 0.3) is 5.69 Å². The molecule has 1 fully saturated rings. The summed E-state index contributed by atoms with van der Waals surface area (Å²) in [6.45, 7) is 9.50. The van der Waals surface area contributed by atoms with Gasteiger partial charge in [0, 0.05) is 23.2 Å². The highest BCUT2D eigenvalue weighted by Crippen LogP contribution is 2.41. The summed E-state index contributed by atoms with van der Waals surface area (Å²) >= 11 is 0. The Morgan fingerprint density at radius 3 is 2.97 bits per heavy atom. The maximum atomic E-state index is 14.9. The summed E-state index contributed by atoms with van der Waals surface area (Å²) in [6, 6.07) is 5.31. The van der Waals surface area contributed by atoms with Crippen molar-refractivity contribution in [3.8, 4) is 11.6 Å². The van der Waals surface area contributed by atoms with Gasteiger partial charge >= 0.3 is 0 Å². The standard InChI is InChI=1S/C21H17FN6O/c1-11-7-13-5-6-16(18(22)14(13)8-11)29-21-19(23-2)20(24-10-25-21)26-17-9-15(27-28-17)12-3-4-12/h5-6,8-10,12H,3-4,7H2,1H3,(H2,24,25,26,27,28). The van der Waals surface area contributed by atoms with Gasteiger partial charge in [0.2, 0.25) is 5.88 Å². The number of hydrogen-bond donors (Lipinski definition) is 2. The molecule has 144 valence electrons. The summed E-state index contributed by atoms with van der Waals surface area (Å²) in [5.74, 6) is 0.919. The van der Waals surface area contributed by atoms with Crippen LogP contribution < -0.4 is 10.1 Å². The number of aromatic amines is 1. The second-order valence-electron chi connectivity index (χ2n) is 7.32. The molecule has 0 aliphatic heterocycles. The minimum Gasteiger partial charge on any atom is -0.446 e. The molecule has 0 unspecified atom stereocenters. The molecule has 29 heavy (non-hydrogen) atoms. The predicted molar refractivity (Wildman–Crippen MR) is 106 cm³/mol. The summed E-state index contributed by atoms with van der Waals surface area (Å²) in [5, 5.41) is 10.2. The third-order valence-electron chi connectivity index (χ3n) is 5.06. The van der Waals surface area contributed by atoms with Gasteiger partial charge in [-0.3, -0.25) is 5.10 Å². The lowest BCUT2D eigenvalue weighted by atomic mass is 10.1. The Morgan fingerprint density at radius 1 is 1.31 bits per heavy atom. The van der Waals surface area contributed by atoms with Crippen molar-refractivity contribution in [3.63, 3.8) is 0 Å². The van der Waals surface area contributed by atoms with Crippen LogP contribution in [-0.2, 0) is 6.42 Å². The summed E-state index contributed by atoms with van der Waals surface area (Å²) in [5.41, 5.74) is 3.67. The van der Waals surface area contributed by atoms with E-state index in [9.17, 15) is 4.39 Å². The molecule has 5 rings (SSSR count). The van der Waals surface area contributed by atoms with Gasteiger partial charge in [0.1, 0.15) is 12.1 Å². The largest absolute Gasteiger partial charge is 0.446 e. The molecule has 2 aromatic heterocycles. The minimum absolute atomic E-state index is 0.00648. The molecule has 0 atom stereocenters. The van der Waals surface area contributed by atoms with Gasteiger partial charge < -0.3 is 10.1 Å². The molecular weight excluding hydrogens is 371 g/mol. The number of fused-ring (bicyclic) bond motifs is 1. The van der Waals surface area contributed by atoms with Crippen molar-refractivity contribution < 1.29 is 9.13 Å². The number of anilines is 2. The molecular formula is C21H17FN6O. The Hall–Kier alpha value is -3.73. The monoisotopic (exact) mass is 388 g/mol. The first-order valence-corrected chi connectivity index (χ1v) is 9.33. The van der Waals surface area contributed by atoms with E-state index in [-0.39, 0.29) is 23.1 Å². The lowest BCUT2D eigenvalue weighted by Crippen LogP contribution is -1.99. The molecule has 3 aromatic rings. The Bertz CT molecular complexity index is 1190. The fourth-order valence-electron chi connectivity index (χ4n) is 3.46. The highest BCUT2D eigenvalue weighted by atomic mass is 19.1. The Morgan fingerprint density at radius 2 is 2.17 bits per heavy atom. The molecule has 2 aliphatic rings. The summed E-state index contributed by atoms with van der Waals surface area (Å²) in [4.78, 5) is 11.7. The second kappa shape index (κ2) is 6.71. The van der Waals surface area contributed by atoms with Crippen molar-refractivity contribution in [2.45, 2.75) is 32.1 Å². The van der Waals surface area contributed by atoms with E-state index in [2.05, 4.69) is 30.3 Å². The number of allylic oxidation sites excluding steroid dienone is 1. The summed E-state index contributed by atoms with van der Waals surface area (Å²) in [7, 11) is 0. The van der Waals surface area contributed by atoms with Crippen LogP contribution in [0.3, 0.4) is 0 Å². The molecule has 1 saturated carbocycles. The molecule has 1 aromatic carbocycles. The van der Waals surface area contributed by atoms with Crippen LogP contribution >= 0.6 is 0 Å². The fourth-order valence-corrected chi connectivity index (χ4v) is 3.46. The van der Waals surface area contributed by atoms with Crippen LogP contribution in [0.15, 0.2) is 30.1 Å². The van der Waals surface area contributed by atoms with Crippen LogP contribution in [0, 0.1) is 12.4 Å². The maximum absolute atomic E-state index is 14.9. The zero-order chi connectivity index (χ0) is 20.0. The number of nitrogens with zero attached hydrogens (tertiary/aromatic N) is 4. The molecule has 2 N–H and O–H groups in total. The SMILES string of the molecule is [C-]#[N+]c1c(Nc2cc(C3CC3)[nH]n2)ncnc1Oc1ccc2c(c1F)C=C(C)C2. The van der Waals surface area contributed by atoms with E-state index < -0.39 is 5.82 Å². The van der Waals surface area contributed by atoms with E-state index in [1.807, 2.05) is 25.1 Å². The van der Waals surface area contributed by atoms with Gasteiger partial charge in [0.15, 0.2) is 17.4 Å². The van der Waals surface area contributed by atoms with E-state index in [0.29, 0.717) is 17.3 Å². The number of benzene rings is 1. The third-order valence-corrected chi connectivity index (χ3v) is 5.06. The van der Waals surface area contributed by atoms with Gasteiger partial charge in [-0.1, -0.05) is 17.7 Å². The minimum atomic E-state index is -0.454. The number of rotatable bonds is 5. The van der Waals surface area contributed by atoms with Gasteiger partial charge in [-0.25, -0.2) is 19.2 Å². The number of nitrogens with one attached hydrogen (secondary N) is 2. The summed E-state index contributed by atoms with van der Waals surface area (Å²) < 4.78 is 20.6. The maximum Gasteiger partial charge on any atom is 0.288 e. The normalized spacial score (nSPS) is 14.9. The molecule has 0 bridgehead atoms. The molecule has 0 amide bonds. The van der Waals surface area contributed by atoms with Gasteiger partial charge in [0.05, 0.1) is 6.57 Å². The van der Waals surface area contributed by atoms with Gasteiger partial charge in [-0.05, 0) is 37.8 Å². The fraction of sp³-hybridized carbons (Fsp3) is 0.238. The quantitative estimate of drug-likeness (QED) is 0.583. The zero-order valence-corrected chi connectivity index (χ0v) is 15.7. The average Bonchev–Trinajstić information content (AvgIpc) is 3.33. The predicted octanol–water partition coefficient (Wildman–Crippen LogP) is 5.26. The van der Waals surface area contributed by atoms with Crippen LogP contribution in [0.2, 0.25) is 0 Å². The van der Waals surface area contributed by atoms with E-state index in [0.717, 1.165) is 36.1 Å². The first-order chi connectivity index (χ1) is 14.1. The lowest BCUT2D eigenvalue weighted by Gasteiger charge is -2.11. The zero-order valence-electron chi connectivity index (χ0n) is 15.7. The first kappa shape index (κ1) is 17.4. The van der Waals surface area contributed by atoms with Crippen LogP contribution in [0.25, 0.3) is 10.9 Å². The van der Waals surface area contributed by atoms with Crippen molar-refractivity contribution in [1.82, 2.24) is 20.2 Å². The molecule has 0 radical (unpaired) electrons. The van der Waals surface area contributed by atoms with Gasteiger partial charge in [-0.15, -0.1) is 0 Å². The van der Waals surface area contributed by atoms with Crippen molar-refractivity contribution in [3.05, 3.63) is 64.2 Å². The van der Waals surface area contributed by atoms with Crippen molar-refractivity contribution in [1.29, 1.82) is 0 Å². The van der Waals surface area contributed by atoms with E-state index in [1.165, 1.54) is 6.33 Å². The van der Waals surface area contributed by atoms with Crippen molar-refractivity contribution in [2.24, 2.45) is 0 Å². The lowest BCUT2D eigenvalue weighted by molar-refractivity contribution is 0.428. The molecule has 0 spiro atoms. The second-order valence-corrected chi connectivity index (χ2v) is 7.32. The Kier molecular flexibility index (Phi) is 4.02. The number of halogens is 1. The van der Waals surface area contributed by atoms with Gasteiger partial charge in [-0.2, -0.15) is 5.10 Å². The molecule has 8 heteroatoms. The summed E-state index contributed by atoms with van der Waals surface area (Å²) in [6.07, 6.45) is 6.13. The topological polar surface area (TPSA) is 80.1 Å².